The minimum atomic E-state index is -0.0392. The van der Waals surface area contributed by atoms with Crippen LogP contribution >= 0.6 is 0 Å². The predicted molar refractivity (Wildman–Crippen MR) is 487 cm³/mol. The number of hydrogen-bond donors (Lipinski definition) is 0. The summed E-state index contributed by atoms with van der Waals surface area (Å²) < 4.78 is 0. The predicted octanol–water partition coefficient (Wildman–Crippen LogP) is 32.0. The molecule has 0 amide bonds. The van der Waals surface area contributed by atoms with E-state index >= 15 is 0 Å². The first-order valence-corrected chi connectivity index (χ1v) is 42.5. The Balaban J connectivity index is 0.000000185. The van der Waals surface area contributed by atoms with Gasteiger partial charge in [0.05, 0.1) is 0 Å². The Kier molecular flexibility index (Phi) is 35.7. The molecule has 0 heteroatoms. The highest BCUT2D eigenvalue weighted by Crippen LogP contribution is 2.57. The van der Waals surface area contributed by atoms with Crippen molar-refractivity contribution in [2.45, 2.75) is 240 Å². The Morgan fingerprint density at radius 2 is 0.333 bits per heavy atom. The van der Waals surface area contributed by atoms with Crippen molar-refractivity contribution in [3.8, 4) is 0 Å². The molecule has 0 nitrogen and oxygen atoms in total. The van der Waals surface area contributed by atoms with Crippen molar-refractivity contribution in [2.75, 3.05) is 0 Å². The summed E-state index contributed by atoms with van der Waals surface area (Å²) in [6.07, 6.45) is 18.0. The van der Waals surface area contributed by atoms with Crippen molar-refractivity contribution in [2.24, 2.45) is 10.8 Å². The molecule has 0 saturated heterocycles. The highest BCUT2D eigenvalue weighted by molar-refractivity contribution is 5.47. The molecule has 0 heterocycles. The van der Waals surface area contributed by atoms with Crippen LogP contribution in [0, 0.1) is 10.8 Å². The van der Waals surface area contributed by atoms with Gasteiger partial charge in [-0.25, -0.2) is 0 Å². The SMILES string of the molecule is CC(C)(C)C(c1ccccc1)(c1ccccc1)C(C)(C)C.CCC(C)(c1ccccc1)c1ccccc1.CCC(CC)(c1ccccc1)c1ccccc1.CCCC(CC)(c1ccccc1)c1ccccc1.CCCC(CCC)(c1ccccc1)c1ccccc1.CCCCC(CCC)(c1ccccc1)c1ccccc1. The van der Waals surface area contributed by atoms with Gasteiger partial charge in [-0.3, -0.25) is 0 Å². The molecule has 0 fully saturated rings. The molecule has 0 aliphatic rings. The molecule has 582 valence electrons. The number of unbranched alkanes of at least 4 members (excludes halogenated alkanes) is 1. The van der Waals surface area contributed by atoms with Gasteiger partial charge in [0.1, 0.15) is 0 Å². The van der Waals surface area contributed by atoms with Crippen molar-refractivity contribution < 1.29 is 0 Å². The minimum absolute atomic E-state index is 0.0392. The van der Waals surface area contributed by atoms with E-state index in [2.05, 4.69) is 475 Å². The molecular weight excluding hydrogens is 1330 g/mol. The summed E-state index contributed by atoms with van der Waals surface area (Å²) in [5.74, 6) is 0. The second-order valence-electron chi connectivity index (χ2n) is 32.8. The molecule has 0 spiro atoms. The second-order valence-corrected chi connectivity index (χ2v) is 32.8. The van der Waals surface area contributed by atoms with Crippen LogP contribution in [0.5, 0.6) is 0 Å². The molecule has 0 radical (unpaired) electrons. The van der Waals surface area contributed by atoms with E-state index in [4.69, 9.17) is 0 Å². The van der Waals surface area contributed by atoms with Gasteiger partial charge in [0.25, 0.3) is 0 Å². The lowest BCUT2D eigenvalue weighted by molar-refractivity contribution is 0.0907. The molecule has 0 unspecified atom stereocenters. The third-order valence-electron chi connectivity index (χ3n) is 24.3. The van der Waals surface area contributed by atoms with Gasteiger partial charge >= 0.3 is 0 Å². The third-order valence-corrected chi connectivity index (χ3v) is 24.3. The first-order valence-electron chi connectivity index (χ1n) is 42.5. The van der Waals surface area contributed by atoms with Gasteiger partial charge in [-0.15, -0.1) is 0 Å². The van der Waals surface area contributed by atoms with Crippen LogP contribution in [-0.2, 0) is 32.5 Å². The largest absolute Gasteiger partial charge is 0.0654 e. The van der Waals surface area contributed by atoms with Gasteiger partial charge < -0.3 is 0 Å². The van der Waals surface area contributed by atoms with Crippen LogP contribution in [0.15, 0.2) is 364 Å². The van der Waals surface area contributed by atoms with Crippen molar-refractivity contribution >= 4 is 0 Å². The average molecular weight is 1470 g/mol. The maximum Gasteiger partial charge on any atom is 0.0299 e. The van der Waals surface area contributed by atoms with E-state index in [1.165, 1.54) is 137 Å². The summed E-state index contributed by atoms with van der Waals surface area (Å²) in [4.78, 5) is 0. The lowest BCUT2D eigenvalue weighted by Crippen LogP contribution is -2.51. The zero-order valence-corrected chi connectivity index (χ0v) is 71.2. The van der Waals surface area contributed by atoms with Crippen molar-refractivity contribution in [1.29, 1.82) is 0 Å². The zero-order valence-electron chi connectivity index (χ0n) is 71.2. The van der Waals surface area contributed by atoms with Crippen molar-refractivity contribution in [1.82, 2.24) is 0 Å². The molecule has 0 atom stereocenters. The summed E-state index contributed by atoms with van der Waals surface area (Å²) in [5, 5.41) is 0. The summed E-state index contributed by atoms with van der Waals surface area (Å²) >= 11 is 0. The van der Waals surface area contributed by atoms with Crippen molar-refractivity contribution in [3.05, 3.63) is 431 Å². The molecule has 12 aromatic rings. The quantitative estimate of drug-likeness (QED) is 0.0481. The van der Waals surface area contributed by atoms with Crippen LogP contribution in [0.4, 0.5) is 0 Å². The summed E-state index contributed by atoms with van der Waals surface area (Å²) in [6, 6.07) is 131. The highest BCUT2D eigenvalue weighted by atomic mass is 14.6. The second kappa shape index (κ2) is 44.6. The molecule has 111 heavy (non-hydrogen) atoms. The number of hydrogen-bond acceptors (Lipinski definition) is 0. The maximum absolute atomic E-state index is 2.36. The monoisotopic (exact) mass is 1470 g/mol. The van der Waals surface area contributed by atoms with Crippen molar-refractivity contribution in [3.63, 3.8) is 0 Å². The van der Waals surface area contributed by atoms with Crippen LogP contribution in [0.25, 0.3) is 0 Å². The molecule has 0 saturated carbocycles. The van der Waals surface area contributed by atoms with Crippen LogP contribution in [0.2, 0.25) is 0 Å². The fourth-order valence-electron chi connectivity index (χ4n) is 18.8. The van der Waals surface area contributed by atoms with E-state index in [1.54, 1.807) is 0 Å². The minimum Gasteiger partial charge on any atom is -0.0654 e. The fraction of sp³-hybridized carbons (Fsp3) is 0.351. The molecule has 0 N–H and O–H groups in total. The van der Waals surface area contributed by atoms with E-state index in [9.17, 15) is 0 Å². The zero-order chi connectivity index (χ0) is 80.0. The fourth-order valence-corrected chi connectivity index (χ4v) is 18.8. The topological polar surface area (TPSA) is 0 Å². The van der Waals surface area contributed by atoms with E-state index in [0.717, 1.165) is 25.7 Å². The van der Waals surface area contributed by atoms with E-state index in [-0.39, 0.29) is 43.3 Å². The van der Waals surface area contributed by atoms with Crippen LogP contribution in [0.1, 0.15) is 274 Å². The Morgan fingerprint density at radius 3 is 0.514 bits per heavy atom. The lowest BCUT2D eigenvalue weighted by atomic mass is 9.48. The Hall–Kier alpha value is -9.36. The standard InChI is InChI=1S/C21H28.C20H26.C19H24.C18H22.C17H20.C16H18/c1-19(2,3)21(20(4,5)6,17-13-9-7-10-14-17)18-15-11-8-12-16-18;1-3-5-17-20(16-4-2,18-12-8-6-9-13-18)19-14-10-7-11-15-19;1-3-15-19(16-4-2,17-11-7-5-8-12-17)18-13-9-6-10-14-18;1-3-15-18(4-2,16-11-7-5-8-12-16)17-13-9-6-10-14-17;1-3-17(4-2,15-11-7-5-8-12-15)16-13-9-6-10-14-16;1-3-16(2,14-10-6-4-7-11-14)15-12-8-5-9-13-15/h7-16H,1-6H3;6-15H,3-5,16-17H2,1-2H3;5-14H,3-4,15-16H2,1-2H3;5-14H,3-4,15H2,1-2H3;5-14H,3-4H2,1-2H3;4-13H,3H2,1-2H3. The molecule has 0 bridgehead atoms. The molecule has 12 aromatic carbocycles. The lowest BCUT2D eigenvalue weighted by Gasteiger charge is -2.55. The van der Waals surface area contributed by atoms with Gasteiger partial charge in [0, 0.05) is 32.5 Å². The first kappa shape index (κ1) is 88.9. The third kappa shape index (κ3) is 22.3. The molecule has 0 aromatic heterocycles. The molecular formula is C111H138. The highest BCUT2D eigenvalue weighted by Gasteiger charge is 2.53. The smallest absolute Gasteiger partial charge is 0.0299 e. The number of rotatable bonds is 27. The van der Waals surface area contributed by atoms with Crippen LogP contribution in [-0.4, -0.2) is 0 Å². The normalized spacial score (nSPS) is 11.8. The van der Waals surface area contributed by atoms with Gasteiger partial charge in [-0.05, 0) is 135 Å². The van der Waals surface area contributed by atoms with Gasteiger partial charge in [0.2, 0.25) is 0 Å². The maximum atomic E-state index is 2.36. The van der Waals surface area contributed by atoms with E-state index in [0.29, 0.717) is 0 Å². The van der Waals surface area contributed by atoms with Gasteiger partial charge in [0.15, 0.2) is 0 Å². The number of benzene rings is 12. The summed E-state index contributed by atoms with van der Waals surface area (Å²) in [6.45, 7) is 37.0. The Morgan fingerprint density at radius 1 is 0.162 bits per heavy atom. The van der Waals surface area contributed by atoms with Crippen LogP contribution < -0.4 is 0 Å². The first-order chi connectivity index (χ1) is 53.8. The molecule has 0 aliphatic carbocycles. The molecule has 12 rings (SSSR count). The Labute approximate surface area is 676 Å². The van der Waals surface area contributed by atoms with Gasteiger partial charge in [-0.1, -0.05) is 513 Å². The van der Waals surface area contributed by atoms with E-state index in [1.807, 2.05) is 0 Å². The van der Waals surface area contributed by atoms with Crippen LogP contribution in [0.3, 0.4) is 0 Å². The average Bonchev–Trinajstić information content (AvgIpc) is 0.718. The summed E-state index contributed by atoms with van der Waals surface area (Å²) in [5.41, 5.74) is 18.2. The van der Waals surface area contributed by atoms with Gasteiger partial charge in [-0.2, -0.15) is 0 Å². The Bertz CT molecular complexity index is 4060. The molecule has 0 aliphatic heterocycles. The summed E-state index contributed by atoms with van der Waals surface area (Å²) in [7, 11) is 0. The van der Waals surface area contributed by atoms with E-state index < -0.39 is 0 Å².